The quantitative estimate of drug-likeness (QED) is 0.763. The molecule has 1 unspecified atom stereocenters. The summed E-state index contributed by atoms with van der Waals surface area (Å²) in [6.45, 7) is 2.02. The van der Waals surface area contributed by atoms with Crippen LogP contribution >= 0.6 is 0 Å². The van der Waals surface area contributed by atoms with E-state index in [1.54, 1.807) is 20.1 Å². The SMILES string of the molecule is COc1cccc(CNC(=O)C(C)NC(=O)/C=C/c2ccccc2)c1. The molecule has 0 aliphatic carbocycles. The first-order chi connectivity index (χ1) is 12.1. The maximum atomic E-state index is 12.1. The molecule has 0 heterocycles. The Hall–Kier alpha value is -3.08. The molecule has 0 aliphatic rings. The minimum Gasteiger partial charge on any atom is -0.497 e. The van der Waals surface area contributed by atoms with Gasteiger partial charge in [0.2, 0.25) is 11.8 Å². The van der Waals surface area contributed by atoms with Gasteiger partial charge in [-0.2, -0.15) is 0 Å². The number of ether oxygens (including phenoxy) is 1. The van der Waals surface area contributed by atoms with Crippen molar-refractivity contribution in [3.05, 3.63) is 71.8 Å². The summed E-state index contributed by atoms with van der Waals surface area (Å²) in [4.78, 5) is 24.0. The lowest BCUT2D eigenvalue weighted by atomic mass is 10.2. The van der Waals surface area contributed by atoms with E-state index in [9.17, 15) is 9.59 Å². The highest BCUT2D eigenvalue weighted by atomic mass is 16.5. The van der Waals surface area contributed by atoms with E-state index in [2.05, 4.69) is 10.6 Å². The third-order valence-corrected chi connectivity index (χ3v) is 3.58. The van der Waals surface area contributed by atoms with Crippen molar-refractivity contribution in [3.63, 3.8) is 0 Å². The van der Waals surface area contributed by atoms with Crippen molar-refractivity contribution in [1.29, 1.82) is 0 Å². The molecule has 130 valence electrons. The van der Waals surface area contributed by atoms with E-state index in [0.717, 1.165) is 16.9 Å². The van der Waals surface area contributed by atoms with Crippen LogP contribution in [0.4, 0.5) is 0 Å². The molecule has 0 saturated heterocycles. The molecule has 2 aromatic carbocycles. The number of carbonyl (C=O) groups is 2. The molecule has 2 N–H and O–H groups in total. The van der Waals surface area contributed by atoms with Crippen molar-refractivity contribution in [2.45, 2.75) is 19.5 Å². The molecule has 0 fully saturated rings. The average Bonchev–Trinajstić information content (AvgIpc) is 2.65. The van der Waals surface area contributed by atoms with Gasteiger partial charge < -0.3 is 15.4 Å². The summed E-state index contributed by atoms with van der Waals surface area (Å²) < 4.78 is 5.15. The van der Waals surface area contributed by atoms with E-state index in [-0.39, 0.29) is 11.8 Å². The van der Waals surface area contributed by atoms with E-state index in [4.69, 9.17) is 4.74 Å². The summed E-state index contributed by atoms with van der Waals surface area (Å²) in [7, 11) is 1.60. The van der Waals surface area contributed by atoms with E-state index in [1.807, 2.05) is 54.6 Å². The van der Waals surface area contributed by atoms with Crippen LogP contribution in [0.15, 0.2) is 60.7 Å². The van der Waals surface area contributed by atoms with Crippen molar-refractivity contribution in [2.75, 3.05) is 7.11 Å². The molecule has 0 spiro atoms. The second-order valence-corrected chi connectivity index (χ2v) is 5.54. The standard InChI is InChI=1S/C20H22N2O3/c1-15(22-19(23)12-11-16-7-4-3-5-8-16)20(24)21-14-17-9-6-10-18(13-17)25-2/h3-13,15H,14H2,1-2H3,(H,21,24)(H,22,23)/b12-11+. The van der Waals surface area contributed by atoms with Crippen molar-refractivity contribution in [2.24, 2.45) is 0 Å². The van der Waals surface area contributed by atoms with Gasteiger partial charge >= 0.3 is 0 Å². The highest BCUT2D eigenvalue weighted by Crippen LogP contribution is 2.12. The van der Waals surface area contributed by atoms with Crippen molar-refractivity contribution >= 4 is 17.9 Å². The number of nitrogens with one attached hydrogen (secondary N) is 2. The number of benzene rings is 2. The van der Waals surface area contributed by atoms with Gasteiger partial charge in [0.1, 0.15) is 11.8 Å². The van der Waals surface area contributed by atoms with Gasteiger partial charge in [0.05, 0.1) is 7.11 Å². The minimum atomic E-state index is -0.626. The fraction of sp³-hybridized carbons (Fsp3) is 0.200. The Balaban J connectivity index is 1.81. The fourth-order valence-corrected chi connectivity index (χ4v) is 2.19. The van der Waals surface area contributed by atoms with Crippen LogP contribution in [0.2, 0.25) is 0 Å². The monoisotopic (exact) mass is 338 g/mol. The molecule has 2 rings (SSSR count). The first-order valence-corrected chi connectivity index (χ1v) is 8.03. The molecule has 5 nitrogen and oxygen atoms in total. The lowest BCUT2D eigenvalue weighted by Gasteiger charge is -2.13. The molecule has 25 heavy (non-hydrogen) atoms. The summed E-state index contributed by atoms with van der Waals surface area (Å²) in [6.07, 6.45) is 3.12. The topological polar surface area (TPSA) is 67.4 Å². The predicted octanol–water partition coefficient (Wildman–Crippen LogP) is 2.53. The summed E-state index contributed by atoms with van der Waals surface area (Å²) >= 11 is 0. The van der Waals surface area contributed by atoms with Gasteiger partial charge in [-0.25, -0.2) is 0 Å². The molecule has 2 amide bonds. The van der Waals surface area contributed by atoms with Gasteiger partial charge in [-0.15, -0.1) is 0 Å². The zero-order valence-electron chi connectivity index (χ0n) is 14.4. The normalized spacial score (nSPS) is 11.8. The first kappa shape index (κ1) is 18.3. The summed E-state index contributed by atoms with van der Waals surface area (Å²) in [5.74, 6) is 0.177. The molecule has 5 heteroatoms. The van der Waals surface area contributed by atoms with Crippen LogP contribution in [0.1, 0.15) is 18.1 Å². The lowest BCUT2D eigenvalue weighted by molar-refractivity contribution is -0.126. The van der Waals surface area contributed by atoms with Gasteiger partial charge in [-0.1, -0.05) is 42.5 Å². The Morgan fingerprint density at radius 2 is 1.88 bits per heavy atom. The summed E-state index contributed by atoms with van der Waals surface area (Å²) in [6, 6.07) is 16.3. The zero-order chi connectivity index (χ0) is 18.1. The maximum absolute atomic E-state index is 12.1. The minimum absolute atomic E-state index is 0.246. The Labute approximate surface area is 147 Å². The number of methoxy groups -OCH3 is 1. The summed E-state index contributed by atoms with van der Waals surface area (Å²) in [5.41, 5.74) is 1.85. The molecule has 2 aromatic rings. The van der Waals surface area contributed by atoms with E-state index in [1.165, 1.54) is 6.08 Å². The number of rotatable bonds is 7. The van der Waals surface area contributed by atoms with Crippen molar-refractivity contribution in [1.82, 2.24) is 10.6 Å². The van der Waals surface area contributed by atoms with E-state index >= 15 is 0 Å². The van der Waals surface area contributed by atoms with Crippen LogP contribution in [0, 0.1) is 0 Å². The third kappa shape index (κ3) is 6.14. The highest BCUT2D eigenvalue weighted by Gasteiger charge is 2.13. The number of carbonyl (C=O) groups excluding carboxylic acids is 2. The average molecular weight is 338 g/mol. The number of hydrogen-bond donors (Lipinski definition) is 2. The first-order valence-electron chi connectivity index (χ1n) is 8.03. The van der Waals surface area contributed by atoms with Crippen LogP contribution in [0.25, 0.3) is 6.08 Å². The fourth-order valence-electron chi connectivity index (χ4n) is 2.19. The van der Waals surface area contributed by atoms with Crippen molar-refractivity contribution < 1.29 is 14.3 Å². The largest absolute Gasteiger partial charge is 0.497 e. The zero-order valence-corrected chi connectivity index (χ0v) is 14.4. The maximum Gasteiger partial charge on any atom is 0.244 e. The highest BCUT2D eigenvalue weighted by molar-refractivity contribution is 5.95. The van der Waals surface area contributed by atoms with Gasteiger partial charge in [0, 0.05) is 12.6 Å². The van der Waals surface area contributed by atoms with E-state index in [0.29, 0.717) is 6.54 Å². The molecule has 1 atom stereocenters. The Morgan fingerprint density at radius 3 is 2.60 bits per heavy atom. The molecule has 0 radical (unpaired) electrons. The van der Waals surface area contributed by atoms with Crippen LogP contribution in [0.3, 0.4) is 0 Å². The second kappa shape index (κ2) is 9.27. The number of amides is 2. The van der Waals surface area contributed by atoms with Gasteiger partial charge in [-0.05, 0) is 36.3 Å². The second-order valence-electron chi connectivity index (χ2n) is 5.54. The van der Waals surface area contributed by atoms with Gasteiger partial charge in [-0.3, -0.25) is 9.59 Å². The number of hydrogen-bond acceptors (Lipinski definition) is 3. The summed E-state index contributed by atoms with van der Waals surface area (Å²) in [5, 5.41) is 5.44. The third-order valence-electron chi connectivity index (χ3n) is 3.58. The van der Waals surface area contributed by atoms with Crippen LogP contribution in [0.5, 0.6) is 5.75 Å². The van der Waals surface area contributed by atoms with Gasteiger partial charge in [0.15, 0.2) is 0 Å². The van der Waals surface area contributed by atoms with Crippen molar-refractivity contribution in [3.8, 4) is 5.75 Å². The van der Waals surface area contributed by atoms with Crippen LogP contribution < -0.4 is 15.4 Å². The Kier molecular flexibility index (Phi) is 6.77. The van der Waals surface area contributed by atoms with E-state index < -0.39 is 6.04 Å². The lowest BCUT2D eigenvalue weighted by Crippen LogP contribution is -2.44. The smallest absolute Gasteiger partial charge is 0.244 e. The Morgan fingerprint density at radius 1 is 1.12 bits per heavy atom. The molecular weight excluding hydrogens is 316 g/mol. The van der Waals surface area contributed by atoms with Crippen LogP contribution in [-0.2, 0) is 16.1 Å². The molecule has 0 saturated carbocycles. The molecule has 0 aromatic heterocycles. The Bertz CT molecular complexity index is 742. The van der Waals surface area contributed by atoms with Crippen LogP contribution in [-0.4, -0.2) is 25.0 Å². The molecule has 0 aliphatic heterocycles. The molecule has 0 bridgehead atoms. The molecular formula is C20H22N2O3. The van der Waals surface area contributed by atoms with Gasteiger partial charge in [0.25, 0.3) is 0 Å². The predicted molar refractivity (Wildman–Crippen MR) is 97.9 cm³/mol.